The molecule has 21 nitrogen and oxygen atoms in total. The van der Waals surface area contributed by atoms with E-state index in [2.05, 4.69) is 15.6 Å². The van der Waals surface area contributed by atoms with E-state index in [0.717, 1.165) is 0 Å². The van der Waals surface area contributed by atoms with Gasteiger partial charge in [-0.25, -0.2) is 9.79 Å². The lowest BCUT2D eigenvalue weighted by Gasteiger charge is -2.46. The van der Waals surface area contributed by atoms with Gasteiger partial charge in [0, 0.05) is 44.6 Å². The van der Waals surface area contributed by atoms with Crippen molar-refractivity contribution in [1.29, 1.82) is 0 Å². The molecule has 2 amide bonds. The molecule has 0 spiro atoms. The minimum absolute atomic E-state index is 0.101. The normalized spacial score (nSPS) is 42.9. The molecule has 0 radical (unpaired) electrons. The summed E-state index contributed by atoms with van der Waals surface area (Å²) in [7, 11) is 1.36. The number of aliphatic hydroxyl groups is 10. The molecule has 19 atom stereocenters. The quantitative estimate of drug-likeness (QED) is 0.0970. The van der Waals surface area contributed by atoms with Crippen LogP contribution in [0.25, 0.3) is 0 Å². The Morgan fingerprint density at radius 1 is 0.700 bits per heavy atom. The van der Waals surface area contributed by atoms with Gasteiger partial charge in [0.25, 0.3) is 0 Å². The van der Waals surface area contributed by atoms with Crippen molar-refractivity contribution in [3.63, 3.8) is 0 Å². The minimum atomic E-state index is -2.26. The van der Waals surface area contributed by atoms with Crippen molar-refractivity contribution >= 4 is 18.0 Å². The van der Waals surface area contributed by atoms with Crippen LogP contribution in [0, 0.1) is 11.8 Å². The van der Waals surface area contributed by atoms with Gasteiger partial charge in [0.2, 0.25) is 0 Å². The van der Waals surface area contributed by atoms with Crippen LogP contribution in [-0.4, -0.2) is 180 Å². The average Bonchev–Trinajstić information content (AvgIpc) is 3.28. The lowest BCUT2D eigenvalue weighted by molar-refractivity contribution is -0.302. The largest absolute Gasteiger partial charge is 0.462 e. The zero-order valence-corrected chi connectivity index (χ0v) is 40.7. The third-order valence-electron chi connectivity index (χ3n) is 12.5. The van der Waals surface area contributed by atoms with Crippen molar-refractivity contribution in [1.82, 2.24) is 10.6 Å². The number of urea groups is 1. The van der Waals surface area contributed by atoms with E-state index in [4.69, 9.17) is 30.4 Å². The Hall–Kier alpha value is -4.33. The first-order valence-electron chi connectivity index (χ1n) is 23.8. The maximum absolute atomic E-state index is 12.7. The molecule has 0 aromatic carbocycles. The van der Waals surface area contributed by atoms with Crippen molar-refractivity contribution in [3.05, 3.63) is 85.1 Å². The summed E-state index contributed by atoms with van der Waals surface area (Å²) in [5, 5.41) is 115. The van der Waals surface area contributed by atoms with Gasteiger partial charge in [-0.3, -0.25) is 4.79 Å². The SMILES string of the molecule is CNC(=O)N[C@H]1[C@@H]2C[C@@H](O[C@@H]3O[C@H](C)[C@@H](O)[C@H](N=C(N)N)[C@@H]3O)/C=C/C=C/C=C/C=C/C=C/C=C/C=C/[C@H](C)[C@@H](O)[C@@H](C)[C@H](C)OC(=O)C[C@H](O)C[C@H](O)CC[C@@H](O)[C@H](O)C[C@H](O)C[C@](O)(C[C@@H]1O)O2. The number of carbonyl (C=O) groups excluding carboxylic acids is 2. The fourth-order valence-electron chi connectivity index (χ4n) is 8.33. The van der Waals surface area contributed by atoms with Gasteiger partial charge in [0.05, 0.1) is 73.5 Å². The molecule has 0 aromatic heterocycles. The van der Waals surface area contributed by atoms with E-state index in [0.29, 0.717) is 0 Å². The standard InChI is InChI=1S/C49H79N5O16/c1-28-18-16-14-12-10-8-6-7-9-11-13-15-17-19-35(69-46-45(64)42(53-47(50)51)44(63)31(4)68-46)25-39-41(54-48(65)52-5)38(60)27-49(66,70-39)26-34(57)23-37(59)36(58)21-20-32(55)22-33(56)24-40(61)67-30(3)29(2)43(28)62/h6-19,28-39,41-46,55-60,62-64,66H,20-27H2,1-5H3,(H4,50,51,53)(H2,52,54,65)/b7-6+,10-8+,11-9+,14-12+,15-13+,18-16+,19-17+/t28-,29-,30-,31+,32+,33+,34-,35-,36+,37+,38-,39-,41+,42-,43+,44+,45-,46-,49+/m0/s1. The fourth-order valence-corrected chi connectivity index (χ4v) is 8.33. The second kappa shape index (κ2) is 29.9. The highest BCUT2D eigenvalue weighted by Gasteiger charge is 2.49. The van der Waals surface area contributed by atoms with Gasteiger partial charge < -0.3 is 92.1 Å². The molecule has 2 fully saturated rings. The van der Waals surface area contributed by atoms with Crippen LogP contribution in [0.1, 0.15) is 79.1 Å². The van der Waals surface area contributed by atoms with Crippen LogP contribution in [0.4, 0.5) is 4.79 Å². The zero-order valence-electron chi connectivity index (χ0n) is 40.7. The van der Waals surface area contributed by atoms with E-state index < -0.39 is 153 Å². The zero-order chi connectivity index (χ0) is 52.1. The van der Waals surface area contributed by atoms with E-state index in [9.17, 15) is 60.7 Å². The first kappa shape index (κ1) is 60.0. The summed E-state index contributed by atoms with van der Waals surface area (Å²) in [6.07, 6.45) is 4.19. The number of carbonyl (C=O) groups is 2. The molecule has 0 unspecified atom stereocenters. The number of hydrogen-bond donors (Lipinski definition) is 14. The summed E-state index contributed by atoms with van der Waals surface area (Å²) in [5.41, 5.74) is 11.2. The van der Waals surface area contributed by atoms with Gasteiger partial charge >= 0.3 is 12.0 Å². The molecule has 21 heteroatoms. The lowest BCUT2D eigenvalue weighted by Crippen LogP contribution is -2.63. The molecular formula is C49H79N5O16. The Balaban J connectivity index is 1.93. The van der Waals surface area contributed by atoms with Gasteiger partial charge in [0.1, 0.15) is 24.4 Å². The Morgan fingerprint density at radius 3 is 1.87 bits per heavy atom. The van der Waals surface area contributed by atoms with Gasteiger partial charge in [-0.15, -0.1) is 0 Å². The maximum Gasteiger partial charge on any atom is 0.314 e. The van der Waals surface area contributed by atoms with Gasteiger partial charge in [-0.1, -0.05) is 98.9 Å². The molecule has 3 aliphatic rings. The highest BCUT2D eigenvalue weighted by Crippen LogP contribution is 2.35. The number of rotatable bonds is 4. The van der Waals surface area contributed by atoms with E-state index in [1.807, 2.05) is 37.3 Å². The number of guanidine groups is 1. The third kappa shape index (κ3) is 20.4. The van der Waals surface area contributed by atoms with Crippen molar-refractivity contribution in [2.75, 3.05) is 7.05 Å². The van der Waals surface area contributed by atoms with Gasteiger partial charge in [0.15, 0.2) is 18.0 Å². The summed E-state index contributed by atoms with van der Waals surface area (Å²) in [6.45, 7) is 6.75. The molecule has 16 N–H and O–H groups in total. The van der Waals surface area contributed by atoms with Crippen molar-refractivity contribution in [2.24, 2.45) is 28.3 Å². The van der Waals surface area contributed by atoms with Gasteiger partial charge in [-0.2, -0.15) is 0 Å². The van der Waals surface area contributed by atoms with Crippen LogP contribution in [0.2, 0.25) is 0 Å². The number of nitrogens with two attached hydrogens (primary N) is 2. The summed E-state index contributed by atoms with van der Waals surface area (Å²) in [5.74, 6) is -4.13. The first-order valence-corrected chi connectivity index (χ1v) is 23.8. The second-order valence-electron chi connectivity index (χ2n) is 18.4. The smallest absolute Gasteiger partial charge is 0.314 e. The van der Waals surface area contributed by atoms with Crippen LogP contribution >= 0.6 is 0 Å². The van der Waals surface area contributed by atoms with Crippen LogP contribution in [0.3, 0.4) is 0 Å². The third-order valence-corrected chi connectivity index (χ3v) is 12.5. The Kier molecular flexibility index (Phi) is 25.6. The lowest BCUT2D eigenvalue weighted by atomic mass is 9.87. The molecular weight excluding hydrogens is 915 g/mol. The Bertz CT molecular complexity index is 1840. The predicted molar refractivity (Wildman–Crippen MR) is 259 cm³/mol. The summed E-state index contributed by atoms with van der Waals surface area (Å²) >= 11 is 0. The number of allylic oxidation sites excluding steroid dienone is 12. The maximum atomic E-state index is 12.7. The number of nitrogens with one attached hydrogen (secondary N) is 2. The second-order valence-corrected chi connectivity index (χ2v) is 18.4. The number of aliphatic imine (C=N–C) groups is 1. The van der Waals surface area contributed by atoms with Crippen LogP contribution in [-0.2, 0) is 23.7 Å². The molecule has 3 rings (SSSR count). The van der Waals surface area contributed by atoms with Crippen molar-refractivity contribution < 1.29 is 79.6 Å². The molecule has 3 heterocycles. The van der Waals surface area contributed by atoms with Crippen LogP contribution in [0.15, 0.2) is 90.1 Å². The number of amides is 2. The predicted octanol–water partition coefficient (Wildman–Crippen LogP) is -0.377. The van der Waals surface area contributed by atoms with E-state index in [-0.39, 0.29) is 31.6 Å². The number of hydrogen-bond acceptors (Lipinski definition) is 17. The van der Waals surface area contributed by atoms with E-state index >= 15 is 0 Å². The molecule has 0 saturated carbocycles. The number of ether oxygens (including phenoxy) is 4. The Morgan fingerprint density at radius 2 is 1.29 bits per heavy atom. The number of esters is 1. The van der Waals surface area contributed by atoms with Crippen molar-refractivity contribution in [2.45, 2.75) is 183 Å². The van der Waals surface area contributed by atoms with Crippen molar-refractivity contribution in [3.8, 4) is 0 Å². The van der Waals surface area contributed by atoms with Gasteiger partial charge in [-0.05, 0) is 33.1 Å². The van der Waals surface area contributed by atoms with Crippen LogP contribution in [0.5, 0.6) is 0 Å². The van der Waals surface area contributed by atoms with E-state index in [1.165, 1.54) is 14.0 Å². The molecule has 0 aliphatic carbocycles. The minimum Gasteiger partial charge on any atom is -0.462 e. The summed E-state index contributed by atoms with van der Waals surface area (Å²) < 4.78 is 23.7. The monoisotopic (exact) mass is 994 g/mol. The molecule has 2 bridgehead atoms. The number of cyclic esters (lactones) is 1. The number of nitrogens with zero attached hydrogens (tertiary/aromatic N) is 1. The molecule has 396 valence electrons. The van der Waals surface area contributed by atoms with Crippen LogP contribution < -0.4 is 22.1 Å². The molecule has 70 heavy (non-hydrogen) atoms. The average molecular weight is 994 g/mol. The fraction of sp³-hybridized carbons (Fsp3) is 0.653. The number of fused-ring (bicyclic) bond motifs is 2. The molecule has 3 aliphatic heterocycles. The topological polar surface area (TPSA) is 362 Å². The summed E-state index contributed by atoms with van der Waals surface area (Å²) in [6, 6.07) is -3.10. The van der Waals surface area contributed by atoms with E-state index in [1.54, 1.807) is 68.5 Å². The number of aliphatic hydroxyl groups excluding tert-OH is 9. The molecule has 0 aromatic rings. The molecule has 2 saturated heterocycles. The highest BCUT2D eigenvalue weighted by molar-refractivity contribution is 5.76. The first-order chi connectivity index (χ1) is 33.0. The summed E-state index contributed by atoms with van der Waals surface area (Å²) in [4.78, 5) is 29.3. The highest BCUT2D eigenvalue weighted by atomic mass is 16.7. The Labute approximate surface area is 410 Å².